The molecule has 0 unspecified atom stereocenters. The Morgan fingerprint density at radius 3 is 2.58 bits per heavy atom. The van der Waals surface area contributed by atoms with Crippen LogP contribution in [0.15, 0.2) is 6.07 Å². The van der Waals surface area contributed by atoms with Gasteiger partial charge in [-0.3, -0.25) is 4.79 Å². The first kappa shape index (κ1) is 13.6. The fourth-order valence-electron chi connectivity index (χ4n) is 2.20. The highest BCUT2D eigenvalue weighted by molar-refractivity contribution is 5.73. The molecule has 0 aromatic carbocycles. The summed E-state index contributed by atoms with van der Waals surface area (Å²) in [6.45, 7) is 9.58. The molecule has 2 rings (SSSR count). The normalized spacial score (nSPS) is 15.5. The van der Waals surface area contributed by atoms with Gasteiger partial charge in [0.2, 0.25) is 11.9 Å². The first-order valence-corrected chi connectivity index (χ1v) is 6.70. The summed E-state index contributed by atoms with van der Waals surface area (Å²) in [5.41, 5.74) is 0.954. The van der Waals surface area contributed by atoms with Crippen LogP contribution in [-0.2, 0) is 4.79 Å². The van der Waals surface area contributed by atoms with E-state index in [0.717, 1.165) is 44.2 Å². The van der Waals surface area contributed by atoms with Crippen LogP contribution in [0.5, 0.6) is 0 Å². The molecule has 19 heavy (non-hydrogen) atoms. The van der Waals surface area contributed by atoms with Gasteiger partial charge in [-0.25, -0.2) is 4.98 Å². The van der Waals surface area contributed by atoms with E-state index >= 15 is 0 Å². The molecule has 0 saturated carbocycles. The lowest BCUT2D eigenvalue weighted by molar-refractivity contribution is -0.129. The molecule has 1 N–H and O–H groups in total. The van der Waals surface area contributed by atoms with E-state index in [1.54, 1.807) is 6.92 Å². The molecule has 1 aliphatic rings. The fourth-order valence-corrected chi connectivity index (χ4v) is 2.20. The van der Waals surface area contributed by atoms with Gasteiger partial charge in [0.05, 0.1) is 0 Å². The molecule has 0 aliphatic carbocycles. The van der Waals surface area contributed by atoms with Crippen molar-refractivity contribution in [1.29, 1.82) is 0 Å². The van der Waals surface area contributed by atoms with Crippen molar-refractivity contribution in [3.8, 4) is 0 Å². The van der Waals surface area contributed by atoms with E-state index in [2.05, 4.69) is 20.2 Å². The average Bonchev–Trinajstić information content (AvgIpc) is 2.38. The van der Waals surface area contributed by atoms with Crippen LogP contribution in [0, 0.1) is 6.92 Å². The zero-order valence-electron chi connectivity index (χ0n) is 11.8. The number of aryl methyl sites for hydroxylation is 1. The third-order valence-electron chi connectivity index (χ3n) is 3.22. The minimum Gasteiger partial charge on any atom is -0.354 e. The number of amides is 1. The standard InChI is InChI=1S/C13H21N5O/c1-4-14-13-15-10(2)9-12(16-13)18-7-5-17(6-8-18)11(3)19/h9H,4-8H2,1-3H3,(H,14,15,16). The molecule has 1 fully saturated rings. The number of nitrogens with zero attached hydrogens (tertiary/aromatic N) is 4. The van der Waals surface area contributed by atoms with Crippen LogP contribution < -0.4 is 10.2 Å². The minimum atomic E-state index is 0.145. The Labute approximate surface area is 113 Å². The Morgan fingerprint density at radius 2 is 2.00 bits per heavy atom. The fraction of sp³-hybridized carbons (Fsp3) is 0.615. The van der Waals surface area contributed by atoms with Crippen molar-refractivity contribution in [2.75, 3.05) is 42.9 Å². The number of anilines is 2. The third kappa shape index (κ3) is 3.33. The smallest absolute Gasteiger partial charge is 0.224 e. The van der Waals surface area contributed by atoms with Crippen molar-refractivity contribution in [3.63, 3.8) is 0 Å². The summed E-state index contributed by atoms with van der Waals surface area (Å²) in [5, 5.41) is 3.14. The molecule has 6 heteroatoms. The highest BCUT2D eigenvalue weighted by Gasteiger charge is 2.20. The van der Waals surface area contributed by atoms with E-state index in [4.69, 9.17) is 0 Å². The van der Waals surface area contributed by atoms with E-state index in [0.29, 0.717) is 5.95 Å². The number of hydrogen-bond donors (Lipinski definition) is 1. The molecule has 6 nitrogen and oxygen atoms in total. The largest absolute Gasteiger partial charge is 0.354 e. The minimum absolute atomic E-state index is 0.145. The zero-order chi connectivity index (χ0) is 13.8. The van der Waals surface area contributed by atoms with Crippen molar-refractivity contribution in [2.45, 2.75) is 20.8 Å². The highest BCUT2D eigenvalue weighted by Crippen LogP contribution is 2.16. The lowest BCUT2D eigenvalue weighted by atomic mass is 10.3. The van der Waals surface area contributed by atoms with Crippen molar-refractivity contribution >= 4 is 17.7 Å². The maximum atomic E-state index is 11.3. The third-order valence-corrected chi connectivity index (χ3v) is 3.22. The molecule has 0 radical (unpaired) electrons. The van der Waals surface area contributed by atoms with Gasteiger partial charge in [0, 0.05) is 51.4 Å². The number of rotatable bonds is 3. The van der Waals surface area contributed by atoms with E-state index in [9.17, 15) is 4.79 Å². The monoisotopic (exact) mass is 263 g/mol. The number of piperazine rings is 1. The predicted molar refractivity (Wildman–Crippen MR) is 75.4 cm³/mol. The zero-order valence-corrected chi connectivity index (χ0v) is 11.8. The lowest BCUT2D eigenvalue weighted by Gasteiger charge is -2.35. The molecule has 104 valence electrons. The number of hydrogen-bond acceptors (Lipinski definition) is 5. The number of nitrogens with one attached hydrogen (secondary N) is 1. The van der Waals surface area contributed by atoms with Gasteiger partial charge in [-0.2, -0.15) is 4.98 Å². The van der Waals surface area contributed by atoms with Crippen molar-refractivity contribution in [3.05, 3.63) is 11.8 Å². The quantitative estimate of drug-likeness (QED) is 0.877. The van der Waals surface area contributed by atoms with Gasteiger partial charge in [-0.1, -0.05) is 0 Å². The summed E-state index contributed by atoms with van der Waals surface area (Å²) >= 11 is 0. The molecule has 0 spiro atoms. The summed E-state index contributed by atoms with van der Waals surface area (Å²) in [5.74, 6) is 1.75. The summed E-state index contributed by atoms with van der Waals surface area (Å²) in [4.78, 5) is 24.2. The maximum Gasteiger partial charge on any atom is 0.224 e. The van der Waals surface area contributed by atoms with Crippen LogP contribution in [0.1, 0.15) is 19.5 Å². The highest BCUT2D eigenvalue weighted by atomic mass is 16.2. The second-order valence-electron chi connectivity index (χ2n) is 4.71. The number of aromatic nitrogens is 2. The average molecular weight is 263 g/mol. The first-order valence-electron chi connectivity index (χ1n) is 6.70. The molecular weight excluding hydrogens is 242 g/mol. The van der Waals surface area contributed by atoms with Gasteiger partial charge >= 0.3 is 0 Å². The van der Waals surface area contributed by atoms with Gasteiger partial charge in [0.15, 0.2) is 0 Å². The van der Waals surface area contributed by atoms with Gasteiger partial charge in [-0.05, 0) is 13.8 Å². The van der Waals surface area contributed by atoms with E-state index in [-0.39, 0.29) is 5.91 Å². The first-order chi connectivity index (χ1) is 9.10. The molecule has 1 aromatic rings. The van der Waals surface area contributed by atoms with Crippen LogP contribution in [0.3, 0.4) is 0 Å². The van der Waals surface area contributed by atoms with Crippen molar-refractivity contribution in [1.82, 2.24) is 14.9 Å². The molecule has 0 bridgehead atoms. The number of carbonyl (C=O) groups is 1. The van der Waals surface area contributed by atoms with Gasteiger partial charge < -0.3 is 15.1 Å². The van der Waals surface area contributed by atoms with Crippen LogP contribution in [0.2, 0.25) is 0 Å². The van der Waals surface area contributed by atoms with Gasteiger partial charge in [0.25, 0.3) is 0 Å². The second kappa shape index (κ2) is 5.86. The summed E-state index contributed by atoms with van der Waals surface area (Å²) in [6.07, 6.45) is 0. The number of carbonyl (C=O) groups excluding carboxylic acids is 1. The Kier molecular flexibility index (Phi) is 4.19. The SMILES string of the molecule is CCNc1nc(C)cc(N2CCN(C(C)=O)CC2)n1. The molecule has 1 amide bonds. The maximum absolute atomic E-state index is 11.3. The van der Waals surface area contributed by atoms with Crippen LogP contribution >= 0.6 is 0 Å². The Morgan fingerprint density at radius 1 is 1.32 bits per heavy atom. The van der Waals surface area contributed by atoms with E-state index in [1.807, 2.05) is 24.8 Å². The molecule has 2 heterocycles. The lowest BCUT2D eigenvalue weighted by Crippen LogP contribution is -2.48. The van der Waals surface area contributed by atoms with Crippen molar-refractivity contribution < 1.29 is 4.79 Å². The van der Waals surface area contributed by atoms with E-state index in [1.165, 1.54) is 0 Å². The Bertz CT molecular complexity index is 454. The molecule has 1 aliphatic heterocycles. The van der Waals surface area contributed by atoms with Gasteiger partial charge in [0.1, 0.15) is 5.82 Å². The van der Waals surface area contributed by atoms with Crippen LogP contribution in [-0.4, -0.2) is 53.5 Å². The molecule has 1 saturated heterocycles. The Balaban J connectivity index is 2.08. The Hall–Kier alpha value is -1.85. The van der Waals surface area contributed by atoms with E-state index < -0.39 is 0 Å². The summed E-state index contributed by atoms with van der Waals surface area (Å²) in [6, 6.07) is 1.99. The molecule has 0 atom stereocenters. The molecule has 1 aromatic heterocycles. The summed E-state index contributed by atoms with van der Waals surface area (Å²) < 4.78 is 0. The second-order valence-corrected chi connectivity index (χ2v) is 4.71. The van der Waals surface area contributed by atoms with Crippen LogP contribution in [0.25, 0.3) is 0 Å². The molecular formula is C13H21N5O. The van der Waals surface area contributed by atoms with Crippen LogP contribution in [0.4, 0.5) is 11.8 Å². The topological polar surface area (TPSA) is 61.4 Å². The summed E-state index contributed by atoms with van der Waals surface area (Å²) in [7, 11) is 0. The van der Waals surface area contributed by atoms with Crippen molar-refractivity contribution in [2.24, 2.45) is 0 Å². The predicted octanol–water partition coefficient (Wildman–Crippen LogP) is 0.885. The van der Waals surface area contributed by atoms with Gasteiger partial charge in [-0.15, -0.1) is 0 Å².